The minimum absolute atomic E-state index is 0. The van der Waals surface area contributed by atoms with Crippen molar-refractivity contribution in [1.29, 1.82) is 0 Å². The summed E-state index contributed by atoms with van der Waals surface area (Å²) in [4.78, 5) is 27.3. The summed E-state index contributed by atoms with van der Waals surface area (Å²) >= 11 is 0. The largest absolute Gasteiger partial charge is 0.353 e. The second kappa shape index (κ2) is 8.47. The van der Waals surface area contributed by atoms with Crippen LogP contribution in [0.5, 0.6) is 0 Å². The molecule has 6 heteroatoms. The van der Waals surface area contributed by atoms with Crippen LogP contribution in [0.2, 0.25) is 0 Å². The van der Waals surface area contributed by atoms with Gasteiger partial charge in [-0.1, -0.05) is 12.8 Å². The normalized spacial score (nSPS) is 37.3. The molecule has 4 rings (SSSR count). The van der Waals surface area contributed by atoms with Crippen LogP contribution in [0, 0.1) is 23.7 Å². The number of fused-ring (bicyclic) bond motifs is 1. The van der Waals surface area contributed by atoms with E-state index in [4.69, 9.17) is 5.73 Å². The van der Waals surface area contributed by atoms with Crippen molar-refractivity contribution in [3.8, 4) is 0 Å². The second-order valence-corrected chi connectivity index (χ2v) is 8.95. The average molecular weight is 384 g/mol. The molecule has 3 unspecified atom stereocenters. The molecular formula is C20H34ClN3O2. The maximum atomic E-state index is 12.9. The van der Waals surface area contributed by atoms with Crippen LogP contribution in [0.15, 0.2) is 0 Å². The van der Waals surface area contributed by atoms with Crippen molar-refractivity contribution < 1.29 is 9.59 Å². The lowest BCUT2D eigenvalue weighted by Crippen LogP contribution is -2.43. The molecular weight excluding hydrogens is 350 g/mol. The van der Waals surface area contributed by atoms with Crippen molar-refractivity contribution in [2.45, 2.75) is 76.3 Å². The summed E-state index contributed by atoms with van der Waals surface area (Å²) in [5.41, 5.74) is 6.20. The van der Waals surface area contributed by atoms with E-state index in [0.29, 0.717) is 23.8 Å². The Balaban J connectivity index is 0.00000196. The van der Waals surface area contributed by atoms with E-state index in [2.05, 4.69) is 10.2 Å². The van der Waals surface area contributed by atoms with Crippen LogP contribution >= 0.6 is 12.4 Å². The quantitative estimate of drug-likeness (QED) is 0.786. The Hall–Kier alpha value is -0.810. The lowest BCUT2D eigenvalue weighted by atomic mass is 9.85. The van der Waals surface area contributed by atoms with Crippen molar-refractivity contribution in [2.24, 2.45) is 29.4 Å². The van der Waals surface area contributed by atoms with Crippen LogP contribution in [0.4, 0.5) is 0 Å². The molecule has 3 N–H and O–H groups in total. The van der Waals surface area contributed by atoms with Gasteiger partial charge in [-0.15, -0.1) is 12.4 Å². The van der Waals surface area contributed by atoms with Crippen molar-refractivity contribution in [1.82, 2.24) is 10.2 Å². The van der Waals surface area contributed by atoms with Gasteiger partial charge in [0.05, 0.1) is 0 Å². The fraction of sp³-hybridized carbons (Fsp3) is 0.900. The maximum Gasteiger partial charge on any atom is 0.225 e. The number of nitrogens with zero attached hydrogens (tertiary/aromatic N) is 1. The summed E-state index contributed by atoms with van der Waals surface area (Å²) in [6, 6.07) is 0.577. The molecule has 4 aliphatic rings. The highest BCUT2D eigenvalue weighted by atomic mass is 35.5. The van der Waals surface area contributed by atoms with Crippen LogP contribution in [-0.4, -0.2) is 41.9 Å². The Kier molecular flexibility index (Phi) is 6.50. The summed E-state index contributed by atoms with van der Waals surface area (Å²) in [5, 5.41) is 3.25. The third-order valence-electron chi connectivity index (χ3n) is 7.37. The number of nitrogens with one attached hydrogen (secondary N) is 1. The zero-order valence-electron chi connectivity index (χ0n) is 15.7. The van der Waals surface area contributed by atoms with Gasteiger partial charge in [0.1, 0.15) is 0 Å². The smallest absolute Gasteiger partial charge is 0.225 e. The number of hydrogen-bond donors (Lipinski definition) is 2. The zero-order chi connectivity index (χ0) is 17.4. The van der Waals surface area contributed by atoms with Gasteiger partial charge in [-0.25, -0.2) is 0 Å². The molecule has 0 aromatic heterocycles. The van der Waals surface area contributed by atoms with Gasteiger partial charge in [0.15, 0.2) is 0 Å². The number of rotatable bonds is 3. The minimum atomic E-state index is 0. The van der Waals surface area contributed by atoms with Gasteiger partial charge >= 0.3 is 0 Å². The maximum absolute atomic E-state index is 12.9. The van der Waals surface area contributed by atoms with Crippen LogP contribution in [0.25, 0.3) is 0 Å². The molecule has 3 aliphatic carbocycles. The predicted octanol–water partition coefficient (Wildman–Crippen LogP) is 2.47. The van der Waals surface area contributed by atoms with Crippen molar-refractivity contribution >= 4 is 24.2 Å². The van der Waals surface area contributed by atoms with Gasteiger partial charge in [-0.3, -0.25) is 9.59 Å². The van der Waals surface area contributed by atoms with Crippen LogP contribution in [-0.2, 0) is 9.59 Å². The Bertz CT molecular complexity index is 515. The Labute approximate surface area is 163 Å². The summed E-state index contributed by atoms with van der Waals surface area (Å²) in [6.07, 6.45) is 10.6. The van der Waals surface area contributed by atoms with Gasteiger partial charge in [-0.05, 0) is 63.2 Å². The molecule has 2 amide bonds. The molecule has 5 nitrogen and oxygen atoms in total. The third-order valence-corrected chi connectivity index (χ3v) is 7.37. The zero-order valence-corrected chi connectivity index (χ0v) is 16.5. The fourth-order valence-corrected chi connectivity index (χ4v) is 5.74. The molecule has 1 saturated heterocycles. The molecule has 1 heterocycles. The molecule has 0 radical (unpaired) electrons. The SMILES string of the molecule is Cl.NC1CCC2CN(C(=O)C3CCC(NC(=O)C4CCCC4)CC3)CC12. The van der Waals surface area contributed by atoms with Gasteiger partial charge < -0.3 is 16.0 Å². The number of halogens is 1. The van der Waals surface area contributed by atoms with Crippen molar-refractivity contribution in [2.75, 3.05) is 13.1 Å². The van der Waals surface area contributed by atoms with Gasteiger partial charge in [0.25, 0.3) is 0 Å². The number of carbonyl (C=O) groups is 2. The summed E-state index contributed by atoms with van der Waals surface area (Å²) < 4.78 is 0. The van der Waals surface area contributed by atoms with Crippen LogP contribution < -0.4 is 11.1 Å². The van der Waals surface area contributed by atoms with Gasteiger partial charge in [0, 0.05) is 37.0 Å². The Morgan fingerprint density at radius 1 is 0.846 bits per heavy atom. The highest BCUT2D eigenvalue weighted by molar-refractivity contribution is 5.85. The first-order valence-electron chi connectivity index (χ1n) is 10.5. The second-order valence-electron chi connectivity index (χ2n) is 8.95. The number of nitrogens with two attached hydrogens (primary N) is 1. The molecule has 26 heavy (non-hydrogen) atoms. The first-order valence-corrected chi connectivity index (χ1v) is 10.5. The highest BCUT2D eigenvalue weighted by Gasteiger charge is 2.44. The summed E-state index contributed by atoms with van der Waals surface area (Å²) in [7, 11) is 0. The molecule has 148 valence electrons. The van der Waals surface area contributed by atoms with Crippen LogP contribution in [0.1, 0.15) is 64.2 Å². The molecule has 0 spiro atoms. The van der Waals surface area contributed by atoms with E-state index in [9.17, 15) is 9.59 Å². The molecule has 0 aromatic rings. The fourth-order valence-electron chi connectivity index (χ4n) is 5.74. The van der Waals surface area contributed by atoms with E-state index in [0.717, 1.165) is 58.0 Å². The summed E-state index contributed by atoms with van der Waals surface area (Å²) in [6.45, 7) is 1.80. The lowest BCUT2D eigenvalue weighted by Gasteiger charge is -2.31. The van der Waals surface area contributed by atoms with E-state index in [1.165, 1.54) is 19.3 Å². The third kappa shape index (κ3) is 4.04. The first kappa shape index (κ1) is 19.9. The number of amides is 2. The monoisotopic (exact) mass is 383 g/mol. The lowest BCUT2D eigenvalue weighted by molar-refractivity contribution is -0.136. The molecule has 0 aromatic carbocycles. The number of carbonyl (C=O) groups excluding carboxylic acids is 2. The van der Waals surface area contributed by atoms with Gasteiger partial charge in [-0.2, -0.15) is 0 Å². The van der Waals surface area contributed by atoms with E-state index in [1.807, 2.05) is 0 Å². The molecule has 3 atom stereocenters. The molecule has 1 aliphatic heterocycles. The standard InChI is InChI=1S/C20H33N3O2.ClH/c21-18-10-7-15-11-23(12-17(15)18)20(25)14-5-8-16(9-6-14)22-19(24)13-3-1-2-4-13;/h13-18H,1-12,21H2,(H,22,24);1H. The Morgan fingerprint density at radius 2 is 1.54 bits per heavy atom. The average Bonchev–Trinajstić information content (AvgIpc) is 3.34. The van der Waals surface area contributed by atoms with Crippen LogP contribution in [0.3, 0.4) is 0 Å². The predicted molar refractivity (Wildman–Crippen MR) is 104 cm³/mol. The Morgan fingerprint density at radius 3 is 2.19 bits per heavy atom. The van der Waals surface area contributed by atoms with Gasteiger partial charge in [0.2, 0.25) is 11.8 Å². The summed E-state index contributed by atoms with van der Waals surface area (Å²) in [5.74, 6) is 2.19. The number of hydrogen-bond acceptors (Lipinski definition) is 3. The molecule has 0 bridgehead atoms. The minimum Gasteiger partial charge on any atom is -0.353 e. The van der Waals surface area contributed by atoms with Crippen molar-refractivity contribution in [3.05, 3.63) is 0 Å². The first-order chi connectivity index (χ1) is 12.1. The van der Waals surface area contributed by atoms with E-state index >= 15 is 0 Å². The number of likely N-dealkylation sites (tertiary alicyclic amines) is 1. The molecule has 4 fully saturated rings. The van der Waals surface area contributed by atoms with E-state index in [-0.39, 0.29) is 36.2 Å². The van der Waals surface area contributed by atoms with E-state index in [1.54, 1.807) is 0 Å². The topological polar surface area (TPSA) is 75.4 Å². The highest BCUT2D eigenvalue weighted by Crippen LogP contribution is 2.38. The van der Waals surface area contributed by atoms with Crippen molar-refractivity contribution in [3.63, 3.8) is 0 Å². The van der Waals surface area contributed by atoms with E-state index < -0.39 is 0 Å². The molecule has 3 saturated carbocycles.